The minimum absolute atomic E-state index is 0.127. The van der Waals surface area contributed by atoms with Gasteiger partial charge in [-0.2, -0.15) is 0 Å². The SMILES string of the molecule is COCCNCc1ccc(N2CCN(C)C(=O)C2)c(Cl)c1. The quantitative estimate of drug-likeness (QED) is 0.806. The second kappa shape index (κ2) is 7.64. The molecule has 116 valence electrons. The van der Waals surface area contributed by atoms with Crippen molar-refractivity contribution in [2.24, 2.45) is 0 Å². The van der Waals surface area contributed by atoms with E-state index in [1.165, 1.54) is 0 Å². The van der Waals surface area contributed by atoms with Crippen LogP contribution in [0.25, 0.3) is 0 Å². The number of piperazine rings is 1. The van der Waals surface area contributed by atoms with Gasteiger partial charge in [-0.05, 0) is 17.7 Å². The van der Waals surface area contributed by atoms with Crippen LogP contribution in [0.4, 0.5) is 5.69 Å². The van der Waals surface area contributed by atoms with Crippen LogP contribution in [0.2, 0.25) is 5.02 Å². The Hall–Kier alpha value is -1.30. The van der Waals surface area contributed by atoms with E-state index in [4.69, 9.17) is 16.3 Å². The maximum atomic E-state index is 11.8. The number of carbonyl (C=O) groups excluding carboxylic acids is 1. The molecule has 1 fully saturated rings. The van der Waals surface area contributed by atoms with Gasteiger partial charge in [-0.15, -0.1) is 0 Å². The summed E-state index contributed by atoms with van der Waals surface area (Å²) in [6.45, 7) is 4.19. The highest BCUT2D eigenvalue weighted by molar-refractivity contribution is 6.33. The van der Waals surface area contributed by atoms with E-state index in [1.807, 2.05) is 30.1 Å². The summed E-state index contributed by atoms with van der Waals surface area (Å²) in [7, 11) is 3.51. The van der Waals surface area contributed by atoms with Crippen LogP contribution in [-0.2, 0) is 16.1 Å². The van der Waals surface area contributed by atoms with Gasteiger partial charge in [0, 0.05) is 40.3 Å². The number of nitrogens with zero attached hydrogens (tertiary/aromatic N) is 2. The van der Waals surface area contributed by atoms with Gasteiger partial charge in [0.1, 0.15) is 0 Å². The van der Waals surface area contributed by atoms with Crippen molar-refractivity contribution in [1.82, 2.24) is 10.2 Å². The van der Waals surface area contributed by atoms with E-state index in [9.17, 15) is 4.79 Å². The van der Waals surface area contributed by atoms with Crippen molar-refractivity contribution in [3.8, 4) is 0 Å². The topological polar surface area (TPSA) is 44.8 Å². The maximum Gasteiger partial charge on any atom is 0.241 e. The molecule has 0 radical (unpaired) electrons. The molecule has 1 aromatic carbocycles. The molecule has 0 aliphatic carbocycles. The highest BCUT2D eigenvalue weighted by atomic mass is 35.5. The number of hydrogen-bond acceptors (Lipinski definition) is 4. The molecular weight excluding hydrogens is 290 g/mol. The van der Waals surface area contributed by atoms with Crippen molar-refractivity contribution in [3.05, 3.63) is 28.8 Å². The predicted octanol–water partition coefficient (Wildman–Crippen LogP) is 1.35. The van der Waals surface area contributed by atoms with E-state index < -0.39 is 0 Å². The summed E-state index contributed by atoms with van der Waals surface area (Å²) in [6.07, 6.45) is 0. The third kappa shape index (κ3) is 4.33. The number of amides is 1. The highest BCUT2D eigenvalue weighted by Gasteiger charge is 2.22. The molecule has 1 heterocycles. The van der Waals surface area contributed by atoms with Crippen LogP contribution in [0.5, 0.6) is 0 Å². The van der Waals surface area contributed by atoms with Crippen LogP contribution in [-0.4, -0.2) is 57.8 Å². The normalized spacial score (nSPS) is 15.7. The molecule has 0 atom stereocenters. The Labute approximate surface area is 130 Å². The Morgan fingerprint density at radius 2 is 2.19 bits per heavy atom. The molecule has 2 rings (SSSR count). The molecule has 1 aliphatic heterocycles. The van der Waals surface area contributed by atoms with Crippen molar-refractivity contribution in [1.29, 1.82) is 0 Å². The number of carbonyl (C=O) groups is 1. The Bertz CT molecular complexity index is 496. The van der Waals surface area contributed by atoms with E-state index >= 15 is 0 Å². The number of ether oxygens (including phenoxy) is 1. The number of rotatable bonds is 6. The molecule has 0 unspecified atom stereocenters. The number of hydrogen-bond donors (Lipinski definition) is 1. The van der Waals surface area contributed by atoms with E-state index in [-0.39, 0.29) is 5.91 Å². The lowest BCUT2D eigenvalue weighted by molar-refractivity contribution is -0.129. The van der Waals surface area contributed by atoms with Gasteiger partial charge in [0.05, 0.1) is 23.9 Å². The van der Waals surface area contributed by atoms with Crippen molar-refractivity contribution in [2.45, 2.75) is 6.54 Å². The van der Waals surface area contributed by atoms with Gasteiger partial charge in [-0.1, -0.05) is 17.7 Å². The summed E-state index contributed by atoms with van der Waals surface area (Å²) in [5.41, 5.74) is 2.05. The standard InChI is InChI=1S/C15H22ClN3O2/c1-18-6-7-19(11-15(18)20)14-4-3-12(9-13(14)16)10-17-5-8-21-2/h3-4,9,17H,5-8,10-11H2,1-2H3. The highest BCUT2D eigenvalue weighted by Crippen LogP contribution is 2.27. The van der Waals surface area contributed by atoms with E-state index in [1.54, 1.807) is 12.0 Å². The van der Waals surface area contributed by atoms with Gasteiger partial charge >= 0.3 is 0 Å². The number of methoxy groups -OCH3 is 1. The smallest absolute Gasteiger partial charge is 0.241 e. The summed E-state index contributed by atoms with van der Waals surface area (Å²) in [4.78, 5) is 15.6. The fraction of sp³-hybridized carbons (Fsp3) is 0.533. The first kappa shape index (κ1) is 16.1. The summed E-state index contributed by atoms with van der Waals surface area (Å²) in [5, 5.41) is 3.98. The zero-order valence-electron chi connectivity index (χ0n) is 12.6. The van der Waals surface area contributed by atoms with Gasteiger partial charge in [0.2, 0.25) is 5.91 Å². The number of likely N-dealkylation sites (N-methyl/N-ethyl adjacent to an activating group) is 1. The van der Waals surface area contributed by atoms with Crippen LogP contribution >= 0.6 is 11.6 Å². The molecule has 1 saturated heterocycles. The first-order chi connectivity index (χ1) is 10.1. The first-order valence-electron chi connectivity index (χ1n) is 7.09. The van der Waals surface area contributed by atoms with Crippen LogP contribution in [0.15, 0.2) is 18.2 Å². The number of nitrogens with one attached hydrogen (secondary N) is 1. The van der Waals surface area contributed by atoms with Crippen molar-refractivity contribution in [2.75, 3.05) is 51.8 Å². The van der Waals surface area contributed by atoms with Gasteiger partial charge in [-0.3, -0.25) is 4.79 Å². The maximum absolute atomic E-state index is 11.8. The third-order valence-corrected chi connectivity index (χ3v) is 3.92. The van der Waals surface area contributed by atoms with Crippen LogP contribution in [0.1, 0.15) is 5.56 Å². The monoisotopic (exact) mass is 311 g/mol. The van der Waals surface area contributed by atoms with E-state index in [0.29, 0.717) is 18.2 Å². The zero-order valence-corrected chi connectivity index (χ0v) is 13.3. The van der Waals surface area contributed by atoms with Crippen LogP contribution in [0, 0.1) is 0 Å². The summed E-state index contributed by atoms with van der Waals surface area (Å²) in [5.74, 6) is 0.127. The molecule has 0 saturated carbocycles. The molecule has 1 aliphatic rings. The molecule has 1 aromatic rings. The van der Waals surface area contributed by atoms with Crippen molar-refractivity contribution in [3.63, 3.8) is 0 Å². The van der Waals surface area contributed by atoms with E-state index in [0.717, 1.165) is 37.4 Å². The predicted molar refractivity (Wildman–Crippen MR) is 84.9 cm³/mol. The largest absolute Gasteiger partial charge is 0.383 e. The second-order valence-electron chi connectivity index (χ2n) is 5.19. The molecular formula is C15H22ClN3O2. The Morgan fingerprint density at radius 3 is 2.86 bits per heavy atom. The van der Waals surface area contributed by atoms with Gasteiger partial charge in [-0.25, -0.2) is 0 Å². The van der Waals surface area contributed by atoms with E-state index in [2.05, 4.69) is 5.32 Å². The van der Waals surface area contributed by atoms with Gasteiger partial charge in [0.15, 0.2) is 0 Å². The fourth-order valence-electron chi connectivity index (χ4n) is 2.29. The number of halogens is 1. The zero-order chi connectivity index (χ0) is 15.2. The van der Waals surface area contributed by atoms with Gasteiger partial charge in [0.25, 0.3) is 0 Å². The average molecular weight is 312 g/mol. The fourth-order valence-corrected chi connectivity index (χ4v) is 2.61. The molecule has 0 aromatic heterocycles. The summed E-state index contributed by atoms with van der Waals surface area (Å²) < 4.78 is 4.99. The second-order valence-corrected chi connectivity index (χ2v) is 5.60. The summed E-state index contributed by atoms with van der Waals surface area (Å²) >= 11 is 6.37. The number of benzene rings is 1. The molecule has 6 heteroatoms. The van der Waals surface area contributed by atoms with Crippen molar-refractivity contribution >= 4 is 23.2 Å². The molecule has 21 heavy (non-hydrogen) atoms. The molecule has 5 nitrogen and oxygen atoms in total. The lowest BCUT2D eigenvalue weighted by atomic mass is 10.1. The number of anilines is 1. The lowest BCUT2D eigenvalue weighted by Crippen LogP contribution is -2.48. The first-order valence-corrected chi connectivity index (χ1v) is 7.46. The van der Waals surface area contributed by atoms with Crippen molar-refractivity contribution < 1.29 is 9.53 Å². The minimum Gasteiger partial charge on any atom is -0.383 e. The summed E-state index contributed by atoms with van der Waals surface area (Å²) in [6, 6.07) is 6.00. The molecule has 0 bridgehead atoms. The van der Waals surface area contributed by atoms with Crippen LogP contribution < -0.4 is 10.2 Å². The van der Waals surface area contributed by atoms with Gasteiger partial charge < -0.3 is 19.9 Å². The third-order valence-electron chi connectivity index (χ3n) is 3.62. The Balaban J connectivity index is 1.97. The Kier molecular flexibility index (Phi) is 5.85. The minimum atomic E-state index is 0.127. The average Bonchev–Trinajstić information content (AvgIpc) is 2.47. The molecule has 0 spiro atoms. The lowest BCUT2D eigenvalue weighted by Gasteiger charge is -2.34. The molecule has 1 amide bonds. The van der Waals surface area contributed by atoms with Crippen LogP contribution in [0.3, 0.4) is 0 Å². The molecule has 1 N–H and O–H groups in total. The Morgan fingerprint density at radius 1 is 1.38 bits per heavy atom.